The molecule has 0 saturated carbocycles. The van der Waals surface area contributed by atoms with Crippen LogP contribution in [0.25, 0.3) is 0 Å². The van der Waals surface area contributed by atoms with Crippen LogP contribution in [0.4, 0.5) is 26.8 Å². The first-order chi connectivity index (χ1) is 17.4. The second kappa shape index (κ2) is 11.2. The summed E-state index contributed by atoms with van der Waals surface area (Å²) in [6.07, 6.45) is 1.62. The van der Waals surface area contributed by atoms with Crippen molar-refractivity contribution in [2.45, 2.75) is 13.5 Å². The lowest BCUT2D eigenvalue weighted by molar-refractivity contribution is 0.1000. The van der Waals surface area contributed by atoms with Gasteiger partial charge in [0, 0.05) is 50.3 Å². The zero-order valence-electron chi connectivity index (χ0n) is 20.0. The van der Waals surface area contributed by atoms with Crippen LogP contribution in [0, 0.1) is 6.92 Å². The molecular formula is C26H29N7O3. The number of rotatable bonds is 6. The summed E-state index contributed by atoms with van der Waals surface area (Å²) in [6.45, 7) is 4.34. The van der Waals surface area contributed by atoms with Crippen LogP contribution < -0.4 is 26.6 Å². The van der Waals surface area contributed by atoms with Gasteiger partial charge >= 0.3 is 12.1 Å². The molecule has 0 unspecified atom stereocenters. The Kier molecular flexibility index (Phi) is 7.64. The fourth-order valence-corrected chi connectivity index (χ4v) is 4.03. The largest absolute Gasteiger partial charge is 0.365 e. The van der Waals surface area contributed by atoms with E-state index in [1.54, 1.807) is 29.3 Å². The van der Waals surface area contributed by atoms with Gasteiger partial charge in [-0.1, -0.05) is 24.3 Å². The number of primary amides is 1. The monoisotopic (exact) mass is 487 g/mol. The van der Waals surface area contributed by atoms with Crippen molar-refractivity contribution < 1.29 is 14.4 Å². The first-order valence-corrected chi connectivity index (χ1v) is 11.7. The normalized spacial score (nSPS) is 13.1. The molecule has 5 amide bonds. The molecule has 10 nitrogen and oxygen atoms in total. The van der Waals surface area contributed by atoms with Crippen molar-refractivity contribution in [3.05, 3.63) is 83.6 Å². The predicted molar refractivity (Wildman–Crippen MR) is 139 cm³/mol. The molecule has 186 valence electrons. The highest BCUT2D eigenvalue weighted by Gasteiger charge is 2.24. The molecule has 0 radical (unpaired) electrons. The minimum atomic E-state index is -0.525. The highest BCUT2D eigenvalue weighted by molar-refractivity contribution is 6.00. The third-order valence-corrected chi connectivity index (χ3v) is 5.82. The lowest BCUT2D eigenvalue weighted by Crippen LogP contribution is -2.52. The van der Waals surface area contributed by atoms with Crippen molar-refractivity contribution in [3.8, 4) is 0 Å². The lowest BCUT2D eigenvalue weighted by atomic mass is 10.2. The molecule has 2 aromatic carbocycles. The molecule has 0 spiro atoms. The topological polar surface area (TPSA) is 133 Å². The van der Waals surface area contributed by atoms with Crippen LogP contribution in [0.1, 0.15) is 21.5 Å². The molecule has 0 atom stereocenters. The molecule has 0 bridgehead atoms. The highest BCUT2D eigenvalue weighted by Crippen LogP contribution is 2.19. The molecule has 3 aromatic rings. The molecule has 36 heavy (non-hydrogen) atoms. The van der Waals surface area contributed by atoms with Crippen LogP contribution in [0.3, 0.4) is 0 Å². The molecular weight excluding hydrogens is 458 g/mol. The van der Waals surface area contributed by atoms with Crippen LogP contribution >= 0.6 is 0 Å². The number of nitrogens with zero attached hydrogens (tertiary/aromatic N) is 3. The Hall–Kier alpha value is -4.60. The van der Waals surface area contributed by atoms with Crippen LogP contribution in [-0.4, -0.2) is 54.0 Å². The number of carbonyl (C=O) groups is 3. The average molecular weight is 488 g/mol. The standard InChI is InChI=1S/C26H29N7O3/c1-18-5-2-7-20(15-18)30-25(35)31-21-8-3-6-19(16-21)17-29-26(36)33-13-11-32(12-14-33)24-22(23(27)34)9-4-10-28-24/h2-10,15-16H,11-14,17H2,1H3,(H2,27,34)(H,29,36)(H2,30,31,35). The molecule has 1 aliphatic heterocycles. The van der Waals surface area contributed by atoms with Crippen LogP contribution in [0.2, 0.25) is 0 Å². The maximum Gasteiger partial charge on any atom is 0.323 e. The van der Waals surface area contributed by atoms with Gasteiger partial charge in [-0.15, -0.1) is 0 Å². The molecule has 0 aliphatic carbocycles. The van der Waals surface area contributed by atoms with Crippen molar-refractivity contribution in [2.75, 3.05) is 41.7 Å². The summed E-state index contributed by atoms with van der Waals surface area (Å²) < 4.78 is 0. The van der Waals surface area contributed by atoms with E-state index in [1.807, 2.05) is 54.3 Å². The molecule has 1 aliphatic rings. The predicted octanol–water partition coefficient (Wildman–Crippen LogP) is 3.16. The third kappa shape index (κ3) is 6.29. The van der Waals surface area contributed by atoms with E-state index in [0.29, 0.717) is 55.5 Å². The van der Waals surface area contributed by atoms with Gasteiger partial charge in [-0.2, -0.15) is 0 Å². The first-order valence-electron chi connectivity index (χ1n) is 11.7. The van der Waals surface area contributed by atoms with E-state index in [1.165, 1.54) is 0 Å². The van der Waals surface area contributed by atoms with E-state index >= 15 is 0 Å². The van der Waals surface area contributed by atoms with Crippen molar-refractivity contribution >= 4 is 35.2 Å². The fraction of sp³-hybridized carbons (Fsp3) is 0.231. The number of urea groups is 2. The average Bonchev–Trinajstić information content (AvgIpc) is 2.87. The van der Waals surface area contributed by atoms with Gasteiger partial charge in [0.15, 0.2) is 0 Å². The van der Waals surface area contributed by atoms with Gasteiger partial charge in [0.05, 0.1) is 5.56 Å². The smallest absolute Gasteiger partial charge is 0.323 e. The number of pyridine rings is 1. The first kappa shape index (κ1) is 24.5. The molecule has 5 N–H and O–H groups in total. The molecule has 10 heteroatoms. The number of hydrogen-bond donors (Lipinski definition) is 4. The number of carbonyl (C=O) groups excluding carboxylic acids is 3. The summed E-state index contributed by atoms with van der Waals surface area (Å²) in [4.78, 5) is 44.7. The Morgan fingerprint density at radius 2 is 1.61 bits per heavy atom. The quantitative estimate of drug-likeness (QED) is 0.424. The molecule has 1 fully saturated rings. The number of aromatic nitrogens is 1. The zero-order chi connectivity index (χ0) is 25.5. The fourth-order valence-electron chi connectivity index (χ4n) is 4.03. The van der Waals surface area contributed by atoms with Gasteiger partial charge in [0.1, 0.15) is 5.82 Å². The molecule has 1 saturated heterocycles. The second-order valence-electron chi connectivity index (χ2n) is 8.52. The maximum atomic E-state index is 12.7. The summed E-state index contributed by atoms with van der Waals surface area (Å²) in [6, 6.07) is 17.7. The van der Waals surface area contributed by atoms with Gasteiger partial charge < -0.3 is 31.5 Å². The van der Waals surface area contributed by atoms with E-state index in [4.69, 9.17) is 5.73 Å². The summed E-state index contributed by atoms with van der Waals surface area (Å²) in [7, 11) is 0. The van der Waals surface area contributed by atoms with E-state index in [-0.39, 0.29) is 12.1 Å². The number of piperazine rings is 1. The molecule has 1 aromatic heterocycles. The van der Waals surface area contributed by atoms with Gasteiger partial charge in [-0.05, 0) is 54.4 Å². The molecule has 4 rings (SSSR count). The van der Waals surface area contributed by atoms with Gasteiger partial charge in [-0.25, -0.2) is 14.6 Å². The summed E-state index contributed by atoms with van der Waals surface area (Å²) >= 11 is 0. The Balaban J connectivity index is 1.26. The Labute approximate surface area is 209 Å². The number of amides is 5. The van der Waals surface area contributed by atoms with E-state index in [0.717, 1.165) is 11.1 Å². The number of nitrogens with one attached hydrogen (secondary N) is 3. The summed E-state index contributed by atoms with van der Waals surface area (Å²) in [5.74, 6) is 0.0171. The van der Waals surface area contributed by atoms with E-state index in [9.17, 15) is 14.4 Å². The summed E-state index contributed by atoms with van der Waals surface area (Å²) in [5, 5.41) is 8.55. The van der Waals surface area contributed by atoms with Gasteiger partial charge in [0.2, 0.25) is 0 Å². The summed E-state index contributed by atoms with van der Waals surface area (Å²) in [5.41, 5.74) is 9.08. The number of benzene rings is 2. The van der Waals surface area contributed by atoms with Crippen molar-refractivity contribution in [1.82, 2.24) is 15.2 Å². The highest BCUT2D eigenvalue weighted by atomic mass is 16.2. The van der Waals surface area contributed by atoms with Crippen LogP contribution in [0.15, 0.2) is 66.9 Å². The Morgan fingerprint density at radius 1 is 0.917 bits per heavy atom. The van der Waals surface area contributed by atoms with E-state index < -0.39 is 5.91 Å². The van der Waals surface area contributed by atoms with E-state index in [2.05, 4.69) is 20.9 Å². The Morgan fingerprint density at radius 3 is 2.31 bits per heavy atom. The van der Waals surface area contributed by atoms with Gasteiger partial charge in [0.25, 0.3) is 5.91 Å². The number of anilines is 3. The minimum absolute atomic E-state index is 0.179. The van der Waals surface area contributed by atoms with Crippen LogP contribution in [0.5, 0.6) is 0 Å². The Bertz CT molecular complexity index is 1260. The third-order valence-electron chi connectivity index (χ3n) is 5.82. The second-order valence-corrected chi connectivity index (χ2v) is 8.52. The number of nitrogens with two attached hydrogens (primary N) is 1. The van der Waals surface area contributed by atoms with Crippen molar-refractivity contribution in [1.29, 1.82) is 0 Å². The van der Waals surface area contributed by atoms with Gasteiger partial charge in [-0.3, -0.25) is 4.79 Å². The minimum Gasteiger partial charge on any atom is -0.365 e. The number of hydrogen-bond acceptors (Lipinski definition) is 5. The van der Waals surface area contributed by atoms with Crippen molar-refractivity contribution in [2.24, 2.45) is 5.73 Å². The zero-order valence-corrected chi connectivity index (χ0v) is 20.0. The van der Waals surface area contributed by atoms with Crippen molar-refractivity contribution in [3.63, 3.8) is 0 Å². The lowest BCUT2D eigenvalue weighted by Gasteiger charge is -2.35. The molecule has 2 heterocycles. The van der Waals surface area contributed by atoms with Crippen LogP contribution in [-0.2, 0) is 6.54 Å². The SMILES string of the molecule is Cc1cccc(NC(=O)Nc2cccc(CNC(=O)N3CCN(c4ncccc4C(N)=O)CC3)c2)c1. The maximum absolute atomic E-state index is 12.7. The number of aryl methyl sites for hydroxylation is 1.